The highest BCUT2D eigenvalue weighted by Gasteiger charge is 2.21. The molecular formula is C13H12ClNOS2. The minimum Gasteiger partial charge on any atom is -0.279 e. The fourth-order valence-corrected chi connectivity index (χ4v) is 3.36. The van der Waals surface area contributed by atoms with Crippen molar-refractivity contribution >= 4 is 50.7 Å². The standard InChI is InChI=1S/C13H12ClNOS2/c1-2-6-17-13-15-11(12(16)18-13)8-9-4-3-5-10(14)7-9/h3-5,7-8H,2,6H2,1H3/b11-8+. The normalized spacial score (nSPS) is 17.3. The van der Waals surface area contributed by atoms with Gasteiger partial charge in [-0.1, -0.05) is 42.4 Å². The number of carbonyl (C=O) groups excluding carboxylic acids is 1. The molecule has 0 atom stereocenters. The van der Waals surface area contributed by atoms with Crippen molar-refractivity contribution in [3.05, 3.63) is 40.5 Å². The molecule has 0 spiro atoms. The minimum absolute atomic E-state index is 0.00794. The lowest BCUT2D eigenvalue weighted by atomic mass is 10.2. The number of nitrogens with zero attached hydrogens (tertiary/aromatic N) is 1. The van der Waals surface area contributed by atoms with E-state index in [1.54, 1.807) is 23.9 Å². The van der Waals surface area contributed by atoms with Crippen LogP contribution in [0, 0.1) is 0 Å². The van der Waals surface area contributed by atoms with E-state index < -0.39 is 0 Å². The predicted molar refractivity (Wildman–Crippen MR) is 82.2 cm³/mol. The zero-order valence-corrected chi connectivity index (χ0v) is 12.2. The maximum atomic E-state index is 11.8. The molecule has 2 rings (SSSR count). The Morgan fingerprint density at radius 3 is 3.06 bits per heavy atom. The van der Waals surface area contributed by atoms with Gasteiger partial charge in [-0.3, -0.25) is 4.79 Å². The number of aliphatic imine (C=N–C) groups is 1. The van der Waals surface area contributed by atoms with Crippen LogP contribution in [-0.4, -0.2) is 15.2 Å². The third kappa shape index (κ3) is 3.64. The number of carbonyl (C=O) groups is 1. The van der Waals surface area contributed by atoms with E-state index in [-0.39, 0.29) is 5.12 Å². The number of thioether (sulfide) groups is 2. The fraction of sp³-hybridized carbons (Fsp3) is 0.231. The van der Waals surface area contributed by atoms with Gasteiger partial charge in [0.1, 0.15) is 10.1 Å². The summed E-state index contributed by atoms with van der Waals surface area (Å²) in [4.78, 5) is 16.1. The lowest BCUT2D eigenvalue weighted by Crippen LogP contribution is -1.88. The number of hydrogen-bond acceptors (Lipinski definition) is 4. The van der Waals surface area contributed by atoms with Crippen molar-refractivity contribution in [3.63, 3.8) is 0 Å². The van der Waals surface area contributed by atoms with E-state index in [0.717, 1.165) is 22.1 Å². The topological polar surface area (TPSA) is 29.4 Å². The first-order valence-corrected chi connectivity index (χ1v) is 7.78. The van der Waals surface area contributed by atoms with Crippen LogP contribution in [0.4, 0.5) is 0 Å². The van der Waals surface area contributed by atoms with Crippen molar-refractivity contribution in [2.45, 2.75) is 13.3 Å². The van der Waals surface area contributed by atoms with Gasteiger partial charge >= 0.3 is 0 Å². The Bertz CT molecular complexity index is 525. The number of hydrogen-bond donors (Lipinski definition) is 0. The third-order valence-electron chi connectivity index (χ3n) is 2.18. The molecule has 0 N–H and O–H groups in total. The van der Waals surface area contributed by atoms with Crippen molar-refractivity contribution in [2.24, 2.45) is 4.99 Å². The molecule has 94 valence electrons. The van der Waals surface area contributed by atoms with E-state index in [1.165, 1.54) is 11.8 Å². The van der Waals surface area contributed by atoms with Crippen LogP contribution in [-0.2, 0) is 4.79 Å². The molecule has 0 aromatic heterocycles. The molecular weight excluding hydrogens is 286 g/mol. The summed E-state index contributed by atoms with van der Waals surface area (Å²) in [6.07, 6.45) is 2.85. The molecule has 0 aliphatic carbocycles. The molecule has 0 radical (unpaired) electrons. The van der Waals surface area contributed by atoms with Crippen molar-refractivity contribution in [3.8, 4) is 0 Å². The number of halogens is 1. The zero-order valence-electron chi connectivity index (χ0n) is 9.85. The van der Waals surface area contributed by atoms with Crippen LogP contribution >= 0.6 is 35.1 Å². The van der Waals surface area contributed by atoms with Gasteiger partial charge in [0.05, 0.1) is 0 Å². The molecule has 2 nitrogen and oxygen atoms in total. The van der Waals surface area contributed by atoms with Crippen LogP contribution in [0.2, 0.25) is 5.02 Å². The van der Waals surface area contributed by atoms with Gasteiger partial charge in [-0.15, -0.1) is 0 Å². The van der Waals surface area contributed by atoms with Crippen molar-refractivity contribution in [1.82, 2.24) is 0 Å². The van der Waals surface area contributed by atoms with E-state index in [9.17, 15) is 4.79 Å². The van der Waals surface area contributed by atoms with Gasteiger partial charge in [-0.2, -0.15) is 0 Å². The molecule has 0 amide bonds. The van der Waals surface area contributed by atoms with E-state index in [1.807, 2.05) is 18.2 Å². The number of rotatable bonds is 3. The summed E-state index contributed by atoms with van der Waals surface area (Å²) in [5.74, 6) is 0.990. The van der Waals surface area contributed by atoms with Crippen molar-refractivity contribution in [2.75, 3.05) is 5.75 Å². The molecule has 0 unspecified atom stereocenters. The first kappa shape index (κ1) is 13.7. The average molecular weight is 298 g/mol. The Morgan fingerprint density at radius 1 is 1.50 bits per heavy atom. The Kier molecular flexibility index (Phi) is 4.92. The van der Waals surface area contributed by atoms with Crippen molar-refractivity contribution < 1.29 is 4.79 Å². The van der Waals surface area contributed by atoms with Crippen LogP contribution in [0.15, 0.2) is 35.0 Å². The first-order chi connectivity index (χ1) is 8.69. The summed E-state index contributed by atoms with van der Waals surface area (Å²) < 4.78 is 0.843. The fourth-order valence-electron chi connectivity index (χ4n) is 1.39. The molecule has 0 saturated carbocycles. The quantitative estimate of drug-likeness (QED) is 0.772. The molecule has 0 saturated heterocycles. The highest BCUT2D eigenvalue weighted by Crippen LogP contribution is 2.31. The van der Waals surface area contributed by atoms with Crippen molar-refractivity contribution in [1.29, 1.82) is 0 Å². The van der Waals surface area contributed by atoms with Gasteiger partial charge in [0.2, 0.25) is 5.12 Å². The molecule has 1 aliphatic heterocycles. The molecule has 18 heavy (non-hydrogen) atoms. The summed E-state index contributed by atoms with van der Waals surface area (Å²) in [6, 6.07) is 7.39. The zero-order chi connectivity index (χ0) is 13.0. The van der Waals surface area contributed by atoms with E-state index in [0.29, 0.717) is 10.7 Å². The second-order valence-electron chi connectivity index (χ2n) is 3.70. The first-order valence-electron chi connectivity index (χ1n) is 5.60. The lowest BCUT2D eigenvalue weighted by molar-refractivity contribution is -0.107. The third-order valence-corrected chi connectivity index (χ3v) is 4.63. The summed E-state index contributed by atoms with van der Waals surface area (Å²) in [6.45, 7) is 2.11. The van der Waals surface area contributed by atoms with Gasteiger partial charge in [0.15, 0.2) is 0 Å². The Balaban J connectivity index is 2.17. The smallest absolute Gasteiger partial charge is 0.244 e. The van der Waals surface area contributed by atoms with E-state index in [4.69, 9.17) is 11.6 Å². The predicted octanol–water partition coefficient (Wildman–Crippen LogP) is 4.45. The summed E-state index contributed by atoms with van der Waals surface area (Å²) in [7, 11) is 0. The second-order valence-corrected chi connectivity index (χ2v) is 6.44. The Morgan fingerprint density at radius 2 is 2.33 bits per heavy atom. The Labute approximate surface area is 120 Å². The van der Waals surface area contributed by atoms with Crippen LogP contribution < -0.4 is 0 Å². The molecule has 5 heteroatoms. The highest BCUT2D eigenvalue weighted by molar-refractivity contribution is 8.45. The molecule has 1 aromatic rings. The molecule has 1 aromatic carbocycles. The van der Waals surface area contributed by atoms with Gasteiger partial charge in [-0.05, 0) is 47.7 Å². The van der Waals surface area contributed by atoms with Gasteiger partial charge in [-0.25, -0.2) is 4.99 Å². The van der Waals surface area contributed by atoms with Crippen LogP contribution in [0.5, 0.6) is 0 Å². The van der Waals surface area contributed by atoms with E-state index >= 15 is 0 Å². The maximum absolute atomic E-state index is 11.8. The van der Waals surface area contributed by atoms with Gasteiger partial charge < -0.3 is 0 Å². The molecule has 1 aliphatic rings. The Hall–Kier alpha value is -0.710. The highest BCUT2D eigenvalue weighted by atomic mass is 35.5. The molecule has 0 fully saturated rings. The van der Waals surface area contributed by atoms with Crippen LogP contribution in [0.25, 0.3) is 6.08 Å². The molecule has 0 bridgehead atoms. The van der Waals surface area contributed by atoms with Gasteiger partial charge in [0, 0.05) is 5.02 Å². The second kappa shape index (κ2) is 6.45. The lowest BCUT2D eigenvalue weighted by Gasteiger charge is -1.94. The SMILES string of the molecule is CCCSC1=N/C(=C/c2cccc(Cl)c2)C(=O)S1. The van der Waals surface area contributed by atoms with Crippen LogP contribution in [0.3, 0.4) is 0 Å². The van der Waals surface area contributed by atoms with E-state index in [2.05, 4.69) is 11.9 Å². The molecule has 1 heterocycles. The summed E-state index contributed by atoms with van der Waals surface area (Å²) >= 11 is 8.74. The minimum atomic E-state index is 0.00794. The monoisotopic (exact) mass is 297 g/mol. The maximum Gasteiger partial charge on any atom is 0.244 e. The average Bonchev–Trinajstić information content (AvgIpc) is 2.68. The summed E-state index contributed by atoms with van der Waals surface area (Å²) in [5.41, 5.74) is 1.40. The van der Waals surface area contributed by atoms with Crippen LogP contribution in [0.1, 0.15) is 18.9 Å². The number of benzene rings is 1. The summed E-state index contributed by atoms with van der Waals surface area (Å²) in [5, 5.41) is 0.667. The largest absolute Gasteiger partial charge is 0.279 e. The van der Waals surface area contributed by atoms with Gasteiger partial charge in [0.25, 0.3) is 0 Å².